The standard InChI is InChI=1S/C16H16BrF2N/c1-10(12-4-3-5-14(17)6-12)20-11(2)13-7-15(18)9-16(19)8-13/h3-11,20H,1-2H3. The monoisotopic (exact) mass is 339 g/mol. The van der Waals surface area contributed by atoms with Gasteiger partial charge in [-0.1, -0.05) is 28.1 Å². The van der Waals surface area contributed by atoms with Crippen molar-refractivity contribution in [3.63, 3.8) is 0 Å². The summed E-state index contributed by atoms with van der Waals surface area (Å²) in [6.07, 6.45) is 0. The lowest BCUT2D eigenvalue weighted by atomic mass is 10.0. The molecule has 2 unspecified atom stereocenters. The van der Waals surface area contributed by atoms with E-state index in [9.17, 15) is 8.78 Å². The van der Waals surface area contributed by atoms with Crippen LogP contribution in [-0.2, 0) is 0 Å². The zero-order chi connectivity index (χ0) is 14.7. The van der Waals surface area contributed by atoms with Gasteiger partial charge in [-0.3, -0.25) is 0 Å². The summed E-state index contributed by atoms with van der Waals surface area (Å²) in [5, 5.41) is 3.34. The Morgan fingerprint density at radius 1 is 0.900 bits per heavy atom. The summed E-state index contributed by atoms with van der Waals surface area (Å²) in [6.45, 7) is 3.91. The van der Waals surface area contributed by atoms with Gasteiger partial charge >= 0.3 is 0 Å². The molecule has 106 valence electrons. The van der Waals surface area contributed by atoms with E-state index in [1.807, 2.05) is 38.1 Å². The molecular formula is C16H16BrF2N. The van der Waals surface area contributed by atoms with Crippen LogP contribution < -0.4 is 5.32 Å². The van der Waals surface area contributed by atoms with Gasteiger partial charge in [-0.2, -0.15) is 0 Å². The molecule has 0 saturated carbocycles. The smallest absolute Gasteiger partial charge is 0.126 e. The first-order valence-electron chi connectivity index (χ1n) is 6.43. The minimum atomic E-state index is -0.552. The maximum atomic E-state index is 13.2. The van der Waals surface area contributed by atoms with E-state index in [2.05, 4.69) is 21.2 Å². The minimum absolute atomic E-state index is 0.0776. The molecule has 0 saturated heterocycles. The first-order chi connectivity index (χ1) is 9.45. The lowest BCUT2D eigenvalue weighted by molar-refractivity contribution is 0.487. The maximum Gasteiger partial charge on any atom is 0.126 e. The zero-order valence-electron chi connectivity index (χ0n) is 11.3. The van der Waals surface area contributed by atoms with Gasteiger partial charge in [0.1, 0.15) is 11.6 Å². The Kier molecular flexibility index (Phi) is 4.89. The molecule has 2 aromatic carbocycles. The Bertz CT molecular complexity index is 581. The lowest BCUT2D eigenvalue weighted by Gasteiger charge is -2.21. The largest absolute Gasteiger partial charge is 0.304 e. The summed E-state index contributed by atoms with van der Waals surface area (Å²) >= 11 is 3.43. The van der Waals surface area contributed by atoms with Crippen molar-refractivity contribution in [2.75, 3.05) is 0 Å². The predicted octanol–water partition coefficient (Wildman–Crippen LogP) is 5.14. The predicted molar refractivity (Wildman–Crippen MR) is 80.5 cm³/mol. The van der Waals surface area contributed by atoms with Gasteiger partial charge in [0.05, 0.1) is 0 Å². The Morgan fingerprint density at radius 3 is 2.10 bits per heavy atom. The third kappa shape index (κ3) is 3.87. The first-order valence-corrected chi connectivity index (χ1v) is 7.22. The number of hydrogen-bond donors (Lipinski definition) is 1. The molecule has 2 aromatic rings. The van der Waals surface area contributed by atoms with Crippen molar-refractivity contribution in [1.29, 1.82) is 0 Å². The molecule has 0 heterocycles. The number of rotatable bonds is 4. The van der Waals surface area contributed by atoms with Crippen LogP contribution in [0.2, 0.25) is 0 Å². The maximum absolute atomic E-state index is 13.2. The van der Waals surface area contributed by atoms with Gasteiger partial charge in [-0.15, -0.1) is 0 Å². The molecule has 20 heavy (non-hydrogen) atoms. The van der Waals surface area contributed by atoms with Crippen LogP contribution in [0.4, 0.5) is 8.78 Å². The molecule has 0 aromatic heterocycles. The summed E-state index contributed by atoms with van der Waals surface area (Å²) < 4.78 is 27.5. The second kappa shape index (κ2) is 6.46. The Hall–Kier alpha value is -1.26. The van der Waals surface area contributed by atoms with E-state index in [1.54, 1.807) is 0 Å². The average molecular weight is 340 g/mol. The highest BCUT2D eigenvalue weighted by atomic mass is 79.9. The van der Waals surface area contributed by atoms with Crippen LogP contribution in [0.15, 0.2) is 46.9 Å². The van der Waals surface area contributed by atoms with Gasteiger partial charge in [-0.05, 0) is 49.2 Å². The van der Waals surface area contributed by atoms with Gasteiger partial charge < -0.3 is 5.32 Å². The molecule has 0 radical (unpaired) electrons. The van der Waals surface area contributed by atoms with Crippen molar-refractivity contribution in [3.8, 4) is 0 Å². The van der Waals surface area contributed by atoms with Crippen LogP contribution in [0.25, 0.3) is 0 Å². The molecule has 1 N–H and O–H groups in total. The molecule has 0 aliphatic rings. The fourth-order valence-corrected chi connectivity index (χ4v) is 2.59. The fourth-order valence-electron chi connectivity index (χ4n) is 2.17. The molecule has 2 rings (SSSR count). The molecule has 1 nitrogen and oxygen atoms in total. The van der Waals surface area contributed by atoms with Crippen molar-refractivity contribution in [3.05, 3.63) is 69.7 Å². The van der Waals surface area contributed by atoms with E-state index in [1.165, 1.54) is 12.1 Å². The van der Waals surface area contributed by atoms with Crippen LogP contribution in [0.1, 0.15) is 37.1 Å². The van der Waals surface area contributed by atoms with Gasteiger partial charge in [0.2, 0.25) is 0 Å². The van der Waals surface area contributed by atoms with Gasteiger partial charge in [0, 0.05) is 22.6 Å². The molecule has 4 heteroatoms. The molecule has 0 aliphatic carbocycles. The highest BCUT2D eigenvalue weighted by molar-refractivity contribution is 9.10. The molecule has 0 fully saturated rings. The SMILES string of the molecule is CC(NC(C)c1cccc(Br)c1)c1cc(F)cc(F)c1. The van der Waals surface area contributed by atoms with Gasteiger partial charge in [0.15, 0.2) is 0 Å². The molecule has 2 atom stereocenters. The van der Waals surface area contributed by atoms with E-state index < -0.39 is 11.6 Å². The summed E-state index contributed by atoms with van der Waals surface area (Å²) in [6, 6.07) is 11.5. The first kappa shape index (κ1) is 15.1. The zero-order valence-corrected chi connectivity index (χ0v) is 12.9. The van der Waals surface area contributed by atoms with Crippen molar-refractivity contribution >= 4 is 15.9 Å². The average Bonchev–Trinajstić information content (AvgIpc) is 2.37. The third-order valence-electron chi connectivity index (χ3n) is 3.23. The number of benzene rings is 2. The van der Waals surface area contributed by atoms with Crippen molar-refractivity contribution in [2.24, 2.45) is 0 Å². The highest BCUT2D eigenvalue weighted by Crippen LogP contribution is 2.22. The van der Waals surface area contributed by atoms with E-state index in [0.717, 1.165) is 16.1 Å². The summed E-state index contributed by atoms with van der Waals surface area (Å²) in [7, 11) is 0. The van der Waals surface area contributed by atoms with Crippen molar-refractivity contribution < 1.29 is 8.78 Å². The molecular weight excluding hydrogens is 324 g/mol. The number of hydrogen-bond acceptors (Lipinski definition) is 1. The number of halogens is 3. The summed E-state index contributed by atoms with van der Waals surface area (Å²) in [5.41, 5.74) is 1.72. The number of nitrogens with one attached hydrogen (secondary N) is 1. The van der Waals surface area contributed by atoms with Gasteiger partial charge in [-0.25, -0.2) is 8.78 Å². The Morgan fingerprint density at radius 2 is 1.50 bits per heavy atom. The van der Waals surface area contributed by atoms with E-state index in [-0.39, 0.29) is 12.1 Å². The summed E-state index contributed by atoms with van der Waals surface area (Å²) in [5.74, 6) is -1.10. The topological polar surface area (TPSA) is 12.0 Å². The Balaban J connectivity index is 2.12. The fraction of sp³-hybridized carbons (Fsp3) is 0.250. The molecule has 0 bridgehead atoms. The van der Waals surface area contributed by atoms with Crippen molar-refractivity contribution in [2.45, 2.75) is 25.9 Å². The quantitative estimate of drug-likeness (QED) is 0.813. The molecule has 0 spiro atoms. The minimum Gasteiger partial charge on any atom is -0.304 e. The lowest BCUT2D eigenvalue weighted by Crippen LogP contribution is -2.22. The molecule has 0 aliphatic heterocycles. The second-order valence-corrected chi connectivity index (χ2v) is 5.78. The van der Waals surface area contributed by atoms with Crippen LogP contribution in [0.3, 0.4) is 0 Å². The molecule has 0 amide bonds. The highest BCUT2D eigenvalue weighted by Gasteiger charge is 2.13. The second-order valence-electron chi connectivity index (χ2n) is 4.87. The van der Waals surface area contributed by atoms with Gasteiger partial charge in [0.25, 0.3) is 0 Å². The van der Waals surface area contributed by atoms with Crippen LogP contribution in [0, 0.1) is 11.6 Å². The van der Waals surface area contributed by atoms with E-state index >= 15 is 0 Å². The normalized spacial score (nSPS) is 14.1. The van der Waals surface area contributed by atoms with E-state index in [4.69, 9.17) is 0 Å². The van der Waals surface area contributed by atoms with Crippen LogP contribution >= 0.6 is 15.9 Å². The van der Waals surface area contributed by atoms with Crippen molar-refractivity contribution in [1.82, 2.24) is 5.32 Å². The Labute approximate surface area is 126 Å². The van der Waals surface area contributed by atoms with E-state index in [0.29, 0.717) is 5.56 Å². The third-order valence-corrected chi connectivity index (χ3v) is 3.73. The summed E-state index contributed by atoms with van der Waals surface area (Å²) in [4.78, 5) is 0. The van der Waals surface area contributed by atoms with Crippen LogP contribution in [0.5, 0.6) is 0 Å². The van der Waals surface area contributed by atoms with Crippen LogP contribution in [-0.4, -0.2) is 0 Å².